The average Bonchev–Trinajstić information content (AvgIpc) is 2.26. The lowest BCUT2D eigenvalue weighted by atomic mass is 10.2. The molecule has 2 N–H and O–H groups in total. The van der Waals surface area contributed by atoms with Gasteiger partial charge in [-0.25, -0.2) is 4.79 Å². The van der Waals surface area contributed by atoms with E-state index in [-0.39, 0.29) is 11.9 Å². The number of anilines is 1. The van der Waals surface area contributed by atoms with Crippen LogP contribution in [0.5, 0.6) is 5.75 Å². The summed E-state index contributed by atoms with van der Waals surface area (Å²) in [5.74, 6) is 0.111. The number of nitrogens with one attached hydrogen (secondary N) is 1. The number of phenols is 1. The fourth-order valence-corrected chi connectivity index (χ4v) is 1.34. The van der Waals surface area contributed by atoms with Crippen LogP contribution in [0.3, 0.4) is 0 Å². The number of hydrogen-bond acceptors (Lipinski definition) is 3. The largest absolute Gasteiger partial charge is 0.508 e. The van der Waals surface area contributed by atoms with Crippen molar-refractivity contribution in [3.63, 3.8) is 0 Å². The molecular weight excluding hydrogens is 206 g/mol. The highest BCUT2D eigenvalue weighted by Crippen LogP contribution is 2.16. The number of hydrogen-bond donors (Lipinski definition) is 2. The highest BCUT2D eigenvalue weighted by atomic mass is 16.6. The van der Waals surface area contributed by atoms with Gasteiger partial charge >= 0.3 is 6.09 Å². The van der Waals surface area contributed by atoms with Crippen molar-refractivity contribution in [2.75, 3.05) is 5.32 Å². The average molecular weight is 223 g/mol. The second-order valence-corrected chi connectivity index (χ2v) is 3.52. The summed E-state index contributed by atoms with van der Waals surface area (Å²) in [6.45, 7) is 3.94. The molecule has 1 rings (SSSR count). The van der Waals surface area contributed by atoms with Gasteiger partial charge in [0.2, 0.25) is 0 Å². The van der Waals surface area contributed by atoms with Crippen molar-refractivity contribution >= 4 is 11.8 Å². The Morgan fingerprint density at radius 3 is 2.69 bits per heavy atom. The molecule has 4 nitrogen and oxygen atoms in total. The lowest BCUT2D eigenvalue weighted by Gasteiger charge is -2.14. The minimum Gasteiger partial charge on any atom is -0.508 e. The molecule has 1 amide bonds. The van der Waals surface area contributed by atoms with E-state index in [0.29, 0.717) is 5.69 Å². The zero-order valence-corrected chi connectivity index (χ0v) is 9.56. The molecule has 1 aromatic carbocycles. The maximum atomic E-state index is 11.4. The van der Waals surface area contributed by atoms with Crippen LogP contribution >= 0.6 is 0 Å². The first-order valence-electron chi connectivity index (χ1n) is 5.42. The lowest BCUT2D eigenvalue weighted by Crippen LogP contribution is -2.21. The molecule has 4 heteroatoms. The van der Waals surface area contributed by atoms with E-state index in [0.717, 1.165) is 12.8 Å². The van der Waals surface area contributed by atoms with Crippen LogP contribution in [0.4, 0.5) is 10.5 Å². The summed E-state index contributed by atoms with van der Waals surface area (Å²) in [5.41, 5.74) is 0.524. The summed E-state index contributed by atoms with van der Waals surface area (Å²) in [6.07, 6.45) is 1.05. The minimum absolute atomic E-state index is 0.0580. The fourth-order valence-electron chi connectivity index (χ4n) is 1.34. The SMILES string of the molecule is CCC(CC)OC(=O)Nc1cccc(O)c1. The third-order valence-corrected chi connectivity index (χ3v) is 2.28. The summed E-state index contributed by atoms with van der Waals surface area (Å²) in [4.78, 5) is 11.4. The van der Waals surface area contributed by atoms with E-state index in [1.165, 1.54) is 12.1 Å². The first-order chi connectivity index (χ1) is 7.65. The maximum Gasteiger partial charge on any atom is 0.411 e. The molecule has 1 aromatic rings. The quantitative estimate of drug-likeness (QED) is 0.824. The van der Waals surface area contributed by atoms with Crippen molar-refractivity contribution in [3.8, 4) is 5.75 Å². The third-order valence-electron chi connectivity index (χ3n) is 2.28. The topological polar surface area (TPSA) is 58.6 Å². The van der Waals surface area contributed by atoms with E-state index in [9.17, 15) is 9.90 Å². The molecule has 0 atom stereocenters. The van der Waals surface area contributed by atoms with E-state index < -0.39 is 6.09 Å². The van der Waals surface area contributed by atoms with E-state index in [2.05, 4.69) is 5.32 Å². The number of rotatable bonds is 4. The molecule has 0 aliphatic carbocycles. The van der Waals surface area contributed by atoms with Crippen LogP contribution in [0.15, 0.2) is 24.3 Å². The van der Waals surface area contributed by atoms with Crippen LogP contribution in [0.1, 0.15) is 26.7 Å². The fraction of sp³-hybridized carbons (Fsp3) is 0.417. The number of amides is 1. The number of phenolic OH excluding ortho intramolecular Hbond substituents is 1. The van der Waals surface area contributed by atoms with Gasteiger partial charge in [-0.15, -0.1) is 0 Å². The van der Waals surface area contributed by atoms with Crippen LogP contribution in [0, 0.1) is 0 Å². The van der Waals surface area contributed by atoms with Crippen molar-refractivity contribution < 1.29 is 14.6 Å². The third kappa shape index (κ3) is 3.81. The summed E-state index contributed by atoms with van der Waals surface area (Å²) in [6, 6.07) is 6.35. The van der Waals surface area contributed by atoms with Gasteiger partial charge in [0.25, 0.3) is 0 Å². The van der Waals surface area contributed by atoms with Gasteiger partial charge in [0.1, 0.15) is 11.9 Å². The van der Waals surface area contributed by atoms with Gasteiger partial charge in [0.15, 0.2) is 0 Å². The van der Waals surface area contributed by atoms with E-state index in [4.69, 9.17) is 4.74 Å². The van der Waals surface area contributed by atoms with Gasteiger partial charge in [-0.3, -0.25) is 5.32 Å². The predicted molar refractivity (Wildman–Crippen MR) is 62.6 cm³/mol. The molecule has 0 unspecified atom stereocenters. The molecule has 0 saturated heterocycles. The lowest BCUT2D eigenvalue weighted by molar-refractivity contribution is 0.106. The molecule has 0 aliphatic heterocycles. The summed E-state index contributed by atoms with van der Waals surface area (Å²) in [5, 5.41) is 11.8. The Hall–Kier alpha value is -1.71. The summed E-state index contributed by atoms with van der Waals surface area (Å²) in [7, 11) is 0. The number of ether oxygens (including phenoxy) is 1. The van der Waals surface area contributed by atoms with Crippen LogP contribution in [0.2, 0.25) is 0 Å². The van der Waals surface area contributed by atoms with Gasteiger partial charge in [0, 0.05) is 11.8 Å². The summed E-state index contributed by atoms with van der Waals surface area (Å²) < 4.78 is 5.16. The van der Waals surface area contributed by atoms with Crippen molar-refractivity contribution in [3.05, 3.63) is 24.3 Å². The zero-order valence-electron chi connectivity index (χ0n) is 9.56. The Balaban J connectivity index is 2.51. The first kappa shape index (κ1) is 12.4. The number of aromatic hydroxyl groups is 1. The van der Waals surface area contributed by atoms with Crippen LogP contribution in [-0.4, -0.2) is 17.3 Å². The standard InChI is InChI=1S/C12H17NO3/c1-3-11(4-2)16-12(15)13-9-6-5-7-10(14)8-9/h5-8,11,14H,3-4H2,1-2H3,(H,13,15). The number of benzene rings is 1. The monoisotopic (exact) mass is 223 g/mol. The molecule has 16 heavy (non-hydrogen) atoms. The highest BCUT2D eigenvalue weighted by Gasteiger charge is 2.10. The van der Waals surface area contributed by atoms with Gasteiger partial charge in [-0.05, 0) is 25.0 Å². The molecule has 0 fully saturated rings. The Bertz CT molecular complexity index is 348. The smallest absolute Gasteiger partial charge is 0.411 e. The maximum absolute atomic E-state index is 11.4. The van der Waals surface area contributed by atoms with Crippen LogP contribution < -0.4 is 5.32 Å². The van der Waals surface area contributed by atoms with Gasteiger partial charge in [-0.2, -0.15) is 0 Å². The molecule has 0 radical (unpaired) electrons. The van der Waals surface area contributed by atoms with Crippen molar-refractivity contribution in [1.82, 2.24) is 0 Å². The molecule has 0 bridgehead atoms. The van der Waals surface area contributed by atoms with E-state index in [1.807, 2.05) is 13.8 Å². The van der Waals surface area contributed by atoms with Crippen molar-refractivity contribution in [2.45, 2.75) is 32.8 Å². The van der Waals surface area contributed by atoms with Crippen molar-refractivity contribution in [2.24, 2.45) is 0 Å². The molecular formula is C12H17NO3. The molecule has 0 aromatic heterocycles. The molecule has 88 valence electrons. The highest BCUT2D eigenvalue weighted by molar-refractivity contribution is 5.84. The minimum atomic E-state index is -0.487. The summed E-state index contributed by atoms with van der Waals surface area (Å²) >= 11 is 0. The second kappa shape index (κ2) is 6.00. The Kier molecular flexibility index (Phi) is 4.64. The van der Waals surface area contributed by atoms with Crippen molar-refractivity contribution in [1.29, 1.82) is 0 Å². The van der Waals surface area contributed by atoms with Gasteiger partial charge in [0.05, 0.1) is 0 Å². The first-order valence-corrected chi connectivity index (χ1v) is 5.42. The molecule has 0 spiro atoms. The number of carbonyl (C=O) groups excluding carboxylic acids is 1. The molecule has 0 aliphatic rings. The van der Waals surface area contributed by atoms with Crippen LogP contribution in [-0.2, 0) is 4.74 Å². The Labute approximate surface area is 95.2 Å². The van der Waals surface area contributed by atoms with Gasteiger partial charge < -0.3 is 9.84 Å². The predicted octanol–water partition coefficient (Wildman–Crippen LogP) is 3.13. The van der Waals surface area contributed by atoms with E-state index in [1.54, 1.807) is 12.1 Å². The second-order valence-electron chi connectivity index (χ2n) is 3.52. The molecule has 0 heterocycles. The number of carbonyl (C=O) groups is 1. The Morgan fingerprint density at radius 1 is 1.44 bits per heavy atom. The normalized spacial score (nSPS) is 10.2. The van der Waals surface area contributed by atoms with E-state index >= 15 is 0 Å². The molecule has 0 saturated carbocycles. The zero-order chi connectivity index (χ0) is 12.0. The Morgan fingerprint density at radius 2 is 2.12 bits per heavy atom. The van der Waals surface area contributed by atoms with Crippen LogP contribution in [0.25, 0.3) is 0 Å². The van der Waals surface area contributed by atoms with Gasteiger partial charge in [-0.1, -0.05) is 19.9 Å².